The van der Waals surface area contributed by atoms with E-state index in [9.17, 15) is 0 Å². The van der Waals surface area contributed by atoms with Crippen LogP contribution in [-0.4, -0.2) is 12.1 Å². The van der Waals surface area contributed by atoms with E-state index in [4.69, 9.17) is 4.74 Å². The van der Waals surface area contributed by atoms with Crippen molar-refractivity contribution in [1.29, 1.82) is 0 Å². The first-order valence-electron chi connectivity index (χ1n) is 6.79. The molecule has 1 N–H and O–H groups in total. The van der Waals surface area contributed by atoms with Crippen molar-refractivity contribution in [2.45, 2.75) is 25.6 Å². The SMILES string of the molecule is CC1(C)COC(c2ccccc2-c2ccc(Br)cc2)N1. The van der Waals surface area contributed by atoms with Gasteiger partial charge in [0.1, 0.15) is 6.23 Å². The van der Waals surface area contributed by atoms with Crippen LogP contribution in [0.25, 0.3) is 11.1 Å². The fourth-order valence-corrected chi connectivity index (χ4v) is 2.78. The highest BCUT2D eigenvalue weighted by Gasteiger charge is 2.32. The zero-order chi connectivity index (χ0) is 14.2. The van der Waals surface area contributed by atoms with Crippen molar-refractivity contribution in [3.05, 3.63) is 58.6 Å². The molecule has 1 fully saturated rings. The summed E-state index contributed by atoms with van der Waals surface area (Å²) in [5.41, 5.74) is 3.65. The number of benzene rings is 2. The minimum Gasteiger partial charge on any atom is -0.357 e. The fraction of sp³-hybridized carbons (Fsp3) is 0.294. The lowest BCUT2D eigenvalue weighted by Crippen LogP contribution is -2.36. The third-order valence-electron chi connectivity index (χ3n) is 3.53. The van der Waals surface area contributed by atoms with E-state index < -0.39 is 0 Å². The summed E-state index contributed by atoms with van der Waals surface area (Å²) in [6.45, 7) is 5.05. The van der Waals surface area contributed by atoms with Crippen LogP contribution < -0.4 is 5.32 Å². The van der Waals surface area contributed by atoms with Crippen molar-refractivity contribution >= 4 is 15.9 Å². The van der Waals surface area contributed by atoms with Gasteiger partial charge >= 0.3 is 0 Å². The molecule has 3 rings (SSSR count). The lowest BCUT2D eigenvalue weighted by atomic mass is 9.98. The summed E-state index contributed by atoms with van der Waals surface area (Å²) in [4.78, 5) is 0. The monoisotopic (exact) mass is 331 g/mol. The topological polar surface area (TPSA) is 21.3 Å². The van der Waals surface area contributed by atoms with Crippen LogP contribution in [0.4, 0.5) is 0 Å². The van der Waals surface area contributed by atoms with Crippen LogP contribution in [0, 0.1) is 0 Å². The molecule has 1 aliphatic heterocycles. The first-order chi connectivity index (χ1) is 9.55. The molecular weight excluding hydrogens is 314 g/mol. The molecule has 1 unspecified atom stereocenters. The van der Waals surface area contributed by atoms with E-state index in [2.05, 4.69) is 83.6 Å². The van der Waals surface area contributed by atoms with Gasteiger partial charge in [0.2, 0.25) is 0 Å². The summed E-state index contributed by atoms with van der Waals surface area (Å²) in [5.74, 6) is 0. The van der Waals surface area contributed by atoms with Crippen LogP contribution in [0.15, 0.2) is 53.0 Å². The Morgan fingerprint density at radius 2 is 1.80 bits per heavy atom. The molecule has 0 amide bonds. The first kappa shape index (κ1) is 13.8. The maximum atomic E-state index is 5.92. The molecule has 2 aromatic rings. The molecule has 3 heteroatoms. The van der Waals surface area contributed by atoms with Crippen molar-refractivity contribution in [3.8, 4) is 11.1 Å². The Morgan fingerprint density at radius 1 is 1.10 bits per heavy atom. The Hall–Kier alpha value is -1.16. The van der Waals surface area contributed by atoms with Gasteiger partial charge in [0.05, 0.1) is 6.61 Å². The minimum atomic E-state index is -0.0372. The third-order valence-corrected chi connectivity index (χ3v) is 4.06. The van der Waals surface area contributed by atoms with Gasteiger partial charge < -0.3 is 4.74 Å². The molecule has 1 atom stereocenters. The van der Waals surface area contributed by atoms with Crippen molar-refractivity contribution in [3.63, 3.8) is 0 Å². The van der Waals surface area contributed by atoms with E-state index in [1.807, 2.05) is 0 Å². The summed E-state index contributed by atoms with van der Waals surface area (Å²) in [7, 11) is 0. The lowest BCUT2D eigenvalue weighted by molar-refractivity contribution is 0.0993. The van der Waals surface area contributed by atoms with Crippen LogP contribution in [0.1, 0.15) is 25.6 Å². The summed E-state index contributed by atoms with van der Waals surface area (Å²) in [6, 6.07) is 16.8. The average molecular weight is 332 g/mol. The zero-order valence-electron chi connectivity index (χ0n) is 11.7. The molecule has 20 heavy (non-hydrogen) atoms. The zero-order valence-corrected chi connectivity index (χ0v) is 13.3. The van der Waals surface area contributed by atoms with E-state index >= 15 is 0 Å². The molecule has 0 bridgehead atoms. The number of halogens is 1. The van der Waals surface area contributed by atoms with Crippen molar-refractivity contribution in [2.75, 3.05) is 6.61 Å². The summed E-state index contributed by atoms with van der Waals surface area (Å²) in [5, 5.41) is 3.54. The number of nitrogens with one attached hydrogen (secondary N) is 1. The van der Waals surface area contributed by atoms with Crippen LogP contribution in [-0.2, 0) is 4.74 Å². The van der Waals surface area contributed by atoms with Gasteiger partial charge in [-0.15, -0.1) is 0 Å². The molecule has 0 radical (unpaired) electrons. The second kappa shape index (κ2) is 5.32. The molecule has 0 aliphatic carbocycles. The highest BCUT2D eigenvalue weighted by molar-refractivity contribution is 9.10. The molecule has 1 aliphatic rings. The van der Waals surface area contributed by atoms with Crippen molar-refractivity contribution in [1.82, 2.24) is 5.32 Å². The minimum absolute atomic E-state index is 0.0253. The van der Waals surface area contributed by atoms with E-state index in [0.29, 0.717) is 0 Å². The van der Waals surface area contributed by atoms with Crippen LogP contribution in [0.5, 0.6) is 0 Å². The maximum absolute atomic E-state index is 5.92. The number of hydrogen-bond donors (Lipinski definition) is 1. The Labute approximate surface area is 128 Å². The highest BCUT2D eigenvalue weighted by atomic mass is 79.9. The average Bonchev–Trinajstić information content (AvgIpc) is 2.80. The maximum Gasteiger partial charge on any atom is 0.135 e. The van der Waals surface area contributed by atoms with E-state index in [0.717, 1.165) is 11.1 Å². The molecule has 2 aromatic carbocycles. The van der Waals surface area contributed by atoms with Gasteiger partial charge in [-0.3, -0.25) is 5.32 Å². The predicted molar refractivity (Wildman–Crippen MR) is 85.5 cm³/mol. The second-order valence-electron chi connectivity index (χ2n) is 5.81. The van der Waals surface area contributed by atoms with E-state index in [1.54, 1.807) is 0 Å². The standard InChI is InChI=1S/C17H18BrNO/c1-17(2)11-20-16(19-17)15-6-4-3-5-14(15)12-7-9-13(18)10-8-12/h3-10,16,19H,11H2,1-2H3. The first-order valence-corrected chi connectivity index (χ1v) is 7.59. The molecule has 104 valence electrons. The Kier molecular flexibility index (Phi) is 3.67. The van der Waals surface area contributed by atoms with E-state index in [-0.39, 0.29) is 11.8 Å². The van der Waals surface area contributed by atoms with E-state index in [1.165, 1.54) is 16.7 Å². The normalized spacial score (nSPS) is 21.1. The quantitative estimate of drug-likeness (QED) is 0.873. The smallest absolute Gasteiger partial charge is 0.135 e. The summed E-state index contributed by atoms with van der Waals surface area (Å²) in [6.07, 6.45) is -0.0372. The lowest BCUT2D eigenvalue weighted by Gasteiger charge is -2.19. The van der Waals surface area contributed by atoms with Crippen molar-refractivity contribution in [2.24, 2.45) is 0 Å². The summed E-state index contributed by atoms with van der Waals surface area (Å²) >= 11 is 3.48. The second-order valence-corrected chi connectivity index (χ2v) is 6.73. The van der Waals surface area contributed by atoms with Gasteiger partial charge in [0, 0.05) is 15.6 Å². The van der Waals surface area contributed by atoms with Gasteiger partial charge in [0.25, 0.3) is 0 Å². The molecule has 0 aromatic heterocycles. The summed E-state index contributed by atoms with van der Waals surface area (Å²) < 4.78 is 7.01. The van der Waals surface area contributed by atoms with Crippen LogP contribution in [0.2, 0.25) is 0 Å². The molecule has 0 saturated carbocycles. The number of ether oxygens (including phenoxy) is 1. The Balaban J connectivity index is 1.99. The molecule has 0 spiro atoms. The van der Waals surface area contributed by atoms with Gasteiger partial charge in [-0.1, -0.05) is 52.3 Å². The van der Waals surface area contributed by atoms with Crippen LogP contribution in [0.3, 0.4) is 0 Å². The largest absolute Gasteiger partial charge is 0.357 e. The highest BCUT2D eigenvalue weighted by Crippen LogP contribution is 2.33. The van der Waals surface area contributed by atoms with Gasteiger partial charge in [0.15, 0.2) is 0 Å². The van der Waals surface area contributed by atoms with Gasteiger partial charge in [-0.2, -0.15) is 0 Å². The molecule has 1 heterocycles. The number of hydrogen-bond acceptors (Lipinski definition) is 2. The Bertz CT molecular complexity index is 607. The van der Waals surface area contributed by atoms with Gasteiger partial charge in [-0.25, -0.2) is 0 Å². The molecular formula is C17H18BrNO. The van der Waals surface area contributed by atoms with Crippen LogP contribution >= 0.6 is 15.9 Å². The van der Waals surface area contributed by atoms with Crippen molar-refractivity contribution < 1.29 is 4.74 Å². The third kappa shape index (κ3) is 2.80. The van der Waals surface area contributed by atoms with Gasteiger partial charge in [-0.05, 0) is 37.1 Å². The fourth-order valence-electron chi connectivity index (χ4n) is 2.52. The number of rotatable bonds is 2. The molecule has 1 saturated heterocycles. The predicted octanol–water partition coefficient (Wildman–Crippen LogP) is 4.51. The Morgan fingerprint density at radius 3 is 2.45 bits per heavy atom. The molecule has 2 nitrogen and oxygen atoms in total.